The fraction of sp³-hybridized carbons (Fsp3) is 1.00. The lowest BCUT2D eigenvalue weighted by Gasteiger charge is -2.28. The van der Waals surface area contributed by atoms with Gasteiger partial charge in [0, 0.05) is 0 Å². The summed E-state index contributed by atoms with van der Waals surface area (Å²) in [4.78, 5) is 0. The molecule has 5 atom stereocenters. The predicted molar refractivity (Wildman–Crippen MR) is 39.9 cm³/mol. The standard InChI is InChI=1S/C9H14O2/c10-8-2-1-5-3-6(8)7-4-9(5,7)11/h5-8,10-11H,1-4H2/t5-,6+,7+,8+,9+/m0/s1. The lowest BCUT2D eigenvalue weighted by atomic mass is 9.82. The van der Waals surface area contributed by atoms with Gasteiger partial charge in [0.2, 0.25) is 0 Å². The SMILES string of the molecule is O[C@@H]1CC[C@H]2C[C@@H]1[C@H]1C[C@@]21O. The summed E-state index contributed by atoms with van der Waals surface area (Å²) < 4.78 is 0. The first-order valence-corrected chi connectivity index (χ1v) is 4.62. The minimum absolute atomic E-state index is 0.104. The van der Waals surface area contributed by atoms with Gasteiger partial charge in [-0.3, -0.25) is 0 Å². The van der Waals surface area contributed by atoms with Crippen LogP contribution in [0.3, 0.4) is 0 Å². The first-order valence-electron chi connectivity index (χ1n) is 4.62. The van der Waals surface area contributed by atoms with Crippen LogP contribution >= 0.6 is 0 Å². The Bertz CT molecular complexity index is 204. The Labute approximate surface area is 66.2 Å². The van der Waals surface area contributed by atoms with Crippen molar-refractivity contribution in [3.8, 4) is 0 Å². The highest BCUT2D eigenvalue weighted by molar-refractivity contribution is 5.18. The van der Waals surface area contributed by atoms with Crippen LogP contribution in [0.15, 0.2) is 0 Å². The predicted octanol–water partition coefficient (Wildman–Crippen LogP) is 0.528. The van der Waals surface area contributed by atoms with E-state index in [1.165, 1.54) is 0 Å². The van der Waals surface area contributed by atoms with E-state index in [9.17, 15) is 10.2 Å². The van der Waals surface area contributed by atoms with E-state index in [0.717, 1.165) is 25.7 Å². The third kappa shape index (κ3) is 0.611. The smallest absolute Gasteiger partial charge is 0.0712 e. The first kappa shape index (κ1) is 6.44. The van der Waals surface area contributed by atoms with E-state index in [-0.39, 0.29) is 11.7 Å². The molecule has 2 bridgehead atoms. The lowest BCUT2D eigenvalue weighted by Crippen LogP contribution is -2.27. The summed E-state index contributed by atoms with van der Waals surface area (Å²) in [6, 6.07) is 0. The molecule has 62 valence electrons. The number of hydrogen-bond acceptors (Lipinski definition) is 2. The molecule has 0 heterocycles. The number of fused-ring (bicyclic) bond motifs is 5. The van der Waals surface area contributed by atoms with E-state index in [1.807, 2.05) is 0 Å². The average molecular weight is 154 g/mol. The van der Waals surface area contributed by atoms with Crippen LogP contribution in [-0.2, 0) is 0 Å². The summed E-state index contributed by atoms with van der Waals surface area (Å²) in [6.45, 7) is 0. The van der Waals surface area contributed by atoms with Crippen molar-refractivity contribution in [2.45, 2.75) is 37.4 Å². The molecule has 0 radical (unpaired) electrons. The maximum Gasteiger partial charge on any atom is 0.0712 e. The second-order valence-corrected chi connectivity index (χ2v) is 4.54. The molecule has 2 N–H and O–H groups in total. The minimum Gasteiger partial charge on any atom is -0.393 e. The molecule has 0 aromatic carbocycles. The van der Waals surface area contributed by atoms with Crippen molar-refractivity contribution in [1.82, 2.24) is 0 Å². The molecule has 2 nitrogen and oxygen atoms in total. The van der Waals surface area contributed by atoms with Gasteiger partial charge in [-0.25, -0.2) is 0 Å². The van der Waals surface area contributed by atoms with Crippen molar-refractivity contribution in [2.75, 3.05) is 0 Å². The molecule has 3 fully saturated rings. The Kier molecular flexibility index (Phi) is 0.961. The molecule has 0 saturated heterocycles. The summed E-state index contributed by atoms with van der Waals surface area (Å²) in [5.41, 5.74) is -0.317. The van der Waals surface area contributed by atoms with E-state index in [0.29, 0.717) is 17.8 Å². The fourth-order valence-corrected chi connectivity index (χ4v) is 3.36. The average Bonchev–Trinajstić information content (AvgIpc) is 2.59. The van der Waals surface area contributed by atoms with Gasteiger partial charge >= 0.3 is 0 Å². The molecule has 0 aromatic rings. The van der Waals surface area contributed by atoms with Crippen molar-refractivity contribution < 1.29 is 10.2 Å². The Morgan fingerprint density at radius 2 is 2.09 bits per heavy atom. The molecular formula is C9H14O2. The highest BCUT2D eigenvalue weighted by Gasteiger charge is 2.68. The zero-order valence-electron chi connectivity index (χ0n) is 6.53. The topological polar surface area (TPSA) is 40.5 Å². The van der Waals surface area contributed by atoms with Crippen LogP contribution in [0.5, 0.6) is 0 Å². The van der Waals surface area contributed by atoms with Crippen molar-refractivity contribution in [3.63, 3.8) is 0 Å². The van der Waals surface area contributed by atoms with Crippen LogP contribution in [0.25, 0.3) is 0 Å². The molecule has 0 amide bonds. The first-order chi connectivity index (χ1) is 5.22. The lowest BCUT2D eigenvalue weighted by molar-refractivity contribution is 0.0447. The zero-order chi connectivity index (χ0) is 7.64. The molecule has 3 aliphatic rings. The molecule has 3 aliphatic carbocycles. The molecule has 0 unspecified atom stereocenters. The van der Waals surface area contributed by atoms with Gasteiger partial charge in [-0.1, -0.05) is 0 Å². The number of hydrogen-bond donors (Lipinski definition) is 2. The molecule has 0 aromatic heterocycles. The number of rotatable bonds is 0. The summed E-state index contributed by atoms with van der Waals surface area (Å²) in [6.07, 6.45) is 3.92. The van der Waals surface area contributed by atoms with Gasteiger partial charge < -0.3 is 10.2 Å². The van der Waals surface area contributed by atoms with Crippen molar-refractivity contribution in [2.24, 2.45) is 17.8 Å². The largest absolute Gasteiger partial charge is 0.393 e. The second kappa shape index (κ2) is 1.64. The van der Waals surface area contributed by atoms with Crippen LogP contribution in [0.2, 0.25) is 0 Å². The van der Waals surface area contributed by atoms with Gasteiger partial charge in [-0.05, 0) is 43.4 Å². The summed E-state index contributed by atoms with van der Waals surface area (Å²) in [5, 5.41) is 19.5. The molecular weight excluding hydrogens is 140 g/mol. The van der Waals surface area contributed by atoms with E-state index in [1.54, 1.807) is 0 Å². The number of aliphatic hydroxyl groups excluding tert-OH is 1. The van der Waals surface area contributed by atoms with Gasteiger partial charge in [0.1, 0.15) is 0 Å². The summed E-state index contributed by atoms with van der Waals surface area (Å²) >= 11 is 0. The number of aliphatic hydroxyl groups is 2. The van der Waals surface area contributed by atoms with Gasteiger partial charge in [0.15, 0.2) is 0 Å². The maximum absolute atomic E-state index is 9.95. The molecule has 0 aliphatic heterocycles. The van der Waals surface area contributed by atoms with Gasteiger partial charge in [-0.15, -0.1) is 0 Å². The van der Waals surface area contributed by atoms with Gasteiger partial charge in [0.05, 0.1) is 11.7 Å². The molecule has 11 heavy (non-hydrogen) atoms. The quantitative estimate of drug-likeness (QED) is 0.534. The van der Waals surface area contributed by atoms with E-state index in [4.69, 9.17) is 0 Å². The molecule has 0 spiro atoms. The highest BCUT2D eigenvalue weighted by Crippen LogP contribution is 2.66. The van der Waals surface area contributed by atoms with E-state index < -0.39 is 0 Å². The van der Waals surface area contributed by atoms with E-state index >= 15 is 0 Å². The molecule has 2 heteroatoms. The second-order valence-electron chi connectivity index (χ2n) is 4.54. The van der Waals surface area contributed by atoms with Crippen molar-refractivity contribution >= 4 is 0 Å². The fourth-order valence-electron chi connectivity index (χ4n) is 3.36. The van der Waals surface area contributed by atoms with Crippen molar-refractivity contribution in [3.05, 3.63) is 0 Å². The maximum atomic E-state index is 9.95. The van der Waals surface area contributed by atoms with Crippen LogP contribution < -0.4 is 0 Å². The van der Waals surface area contributed by atoms with Crippen molar-refractivity contribution in [1.29, 1.82) is 0 Å². The Morgan fingerprint density at radius 3 is 2.82 bits per heavy atom. The third-order valence-corrected chi connectivity index (χ3v) is 4.11. The van der Waals surface area contributed by atoms with Crippen LogP contribution in [0.4, 0.5) is 0 Å². The van der Waals surface area contributed by atoms with Gasteiger partial charge in [0.25, 0.3) is 0 Å². The summed E-state index contributed by atoms with van der Waals surface area (Å²) in [7, 11) is 0. The van der Waals surface area contributed by atoms with E-state index in [2.05, 4.69) is 0 Å². The molecule has 3 rings (SSSR count). The van der Waals surface area contributed by atoms with Gasteiger partial charge in [-0.2, -0.15) is 0 Å². The molecule has 3 saturated carbocycles. The monoisotopic (exact) mass is 154 g/mol. The Morgan fingerprint density at radius 1 is 1.27 bits per heavy atom. The minimum atomic E-state index is -0.317. The zero-order valence-corrected chi connectivity index (χ0v) is 6.53. The Hall–Kier alpha value is -0.0800. The summed E-state index contributed by atoms with van der Waals surface area (Å²) in [5.74, 6) is 1.43. The van der Waals surface area contributed by atoms with Crippen LogP contribution in [0.1, 0.15) is 25.7 Å². The van der Waals surface area contributed by atoms with Crippen LogP contribution in [0, 0.1) is 17.8 Å². The highest BCUT2D eigenvalue weighted by atomic mass is 16.3. The van der Waals surface area contributed by atoms with Crippen LogP contribution in [-0.4, -0.2) is 21.9 Å². The Balaban J connectivity index is 1.94. The third-order valence-electron chi connectivity index (χ3n) is 4.11. The normalized spacial score (nSPS) is 66.0.